The molecule has 0 atom stereocenters. The monoisotopic (exact) mass is 232 g/mol. The largest absolute Gasteiger partial charge is 0.300 e. The van der Waals surface area contributed by atoms with Crippen molar-refractivity contribution in [2.75, 3.05) is 0 Å². The molecule has 1 aromatic carbocycles. The third kappa shape index (κ3) is 3.69. The highest BCUT2D eigenvalue weighted by Crippen LogP contribution is 2.31. The zero-order valence-corrected chi connectivity index (χ0v) is 11.9. The molecule has 17 heavy (non-hydrogen) atoms. The van der Waals surface area contributed by atoms with E-state index >= 15 is 0 Å². The number of carbonyl (C=O) groups is 1. The van der Waals surface area contributed by atoms with Gasteiger partial charge in [-0.05, 0) is 34.9 Å². The molecule has 0 aliphatic rings. The molecule has 0 amide bonds. The fourth-order valence-electron chi connectivity index (χ4n) is 2.15. The third-order valence-electron chi connectivity index (χ3n) is 3.00. The Labute approximate surface area is 105 Å². The zero-order chi connectivity index (χ0) is 13.2. The van der Waals surface area contributed by atoms with Crippen LogP contribution in [-0.4, -0.2) is 5.78 Å². The number of rotatable bonds is 3. The van der Waals surface area contributed by atoms with Crippen LogP contribution in [0.1, 0.15) is 64.2 Å². The maximum atomic E-state index is 11.2. The second-order valence-corrected chi connectivity index (χ2v) is 6.21. The van der Waals surface area contributed by atoms with E-state index in [1.807, 2.05) is 0 Å². The van der Waals surface area contributed by atoms with Crippen LogP contribution in [0.25, 0.3) is 0 Å². The number of ketones is 1. The minimum Gasteiger partial charge on any atom is -0.300 e. The molecule has 0 aliphatic carbocycles. The van der Waals surface area contributed by atoms with Crippen molar-refractivity contribution in [2.45, 2.75) is 59.3 Å². The summed E-state index contributed by atoms with van der Waals surface area (Å²) in [6.07, 6.45) is 0.543. The predicted octanol–water partition coefficient (Wildman–Crippen LogP) is 4.24. The Morgan fingerprint density at radius 3 is 2.24 bits per heavy atom. The molecule has 0 aromatic heterocycles. The highest BCUT2D eigenvalue weighted by Gasteiger charge is 2.19. The first-order valence-electron chi connectivity index (χ1n) is 6.34. The van der Waals surface area contributed by atoms with E-state index in [4.69, 9.17) is 0 Å². The molecule has 0 aliphatic heterocycles. The van der Waals surface area contributed by atoms with Gasteiger partial charge in [-0.15, -0.1) is 0 Å². The Balaban J connectivity index is 3.24. The van der Waals surface area contributed by atoms with Crippen molar-refractivity contribution in [1.29, 1.82) is 0 Å². The standard InChI is InChI=1S/C16H24O/c1-11(2)14-8-7-13(9-12(3)17)10-15(14)16(4,5)6/h7-8,10-11H,9H2,1-6H3. The van der Waals surface area contributed by atoms with Crippen LogP contribution in [0.4, 0.5) is 0 Å². The molecule has 0 spiro atoms. The van der Waals surface area contributed by atoms with Crippen molar-refractivity contribution in [3.05, 3.63) is 34.9 Å². The lowest BCUT2D eigenvalue weighted by Gasteiger charge is -2.25. The Kier molecular flexibility index (Phi) is 4.13. The number of benzene rings is 1. The van der Waals surface area contributed by atoms with Crippen molar-refractivity contribution >= 4 is 5.78 Å². The summed E-state index contributed by atoms with van der Waals surface area (Å²) in [5, 5.41) is 0. The van der Waals surface area contributed by atoms with E-state index in [-0.39, 0.29) is 11.2 Å². The Bertz CT molecular complexity index is 408. The van der Waals surface area contributed by atoms with Crippen LogP contribution in [0, 0.1) is 0 Å². The second kappa shape index (κ2) is 5.03. The van der Waals surface area contributed by atoms with Gasteiger partial charge in [-0.2, -0.15) is 0 Å². The molecule has 0 heterocycles. The van der Waals surface area contributed by atoms with E-state index in [0.717, 1.165) is 5.56 Å². The topological polar surface area (TPSA) is 17.1 Å². The number of hydrogen-bond donors (Lipinski definition) is 0. The van der Waals surface area contributed by atoms with Crippen molar-refractivity contribution < 1.29 is 4.79 Å². The maximum absolute atomic E-state index is 11.2. The van der Waals surface area contributed by atoms with Crippen molar-refractivity contribution in [3.63, 3.8) is 0 Å². The highest BCUT2D eigenvalue weighted by molar-refractivity contribution is 5.78. The molecule has 1 aromatic rings. The quantitative estimate of drug-likeness (QED) is 0.762. The Morgan fingerprint density at radius 1 is 1.24 bits per heavy atom. The summed E-state index contributed by atoms with van der Waals surface area (Å²) in [4.78, 5) is 11.2. The minimum absolute atomic E-state index is 0.131. The lowest BCUT2D eigenvalue weighted by atomic mass is 9.79. The SMILES string of the molecule is CC(=O)Cc1ccc(C(C)C)c(C(C)(C)C)c1. The van der Waals surface area contributed by atoms with E-state index < -0.39 is 0 Å². The van der Waals surface area contributed by atoms with Crippen LogP contribution in [0.2, 0.25) is 0 Å². The average Bonchev–Trinajstić information content (AvgIpc) is 2.14. The van der Waals surface area contributed by atoms with Crippen LogP contribution in [0.5, 0.6) is 0 Å². The van der Waals surface area contributed by atoms with Gasteiger partial charge in [0.25, 0.3) is 0 Å². The molecular weight excluding hydrogens is 208 g/mol. The number of Topliss-reactive ketones (excluding diaryl/α,β-unsaturated/α-hetero) is 1. The Hall–Kier alpha value is -1.11. The minimum atomic E-state index is 0.131. The van der Waals surface area contributed by atoms with E-state index in [1.165, 1.54) is 11.1 Å². The van der Waals surface area contributed by atoms with Crippen LogP contribution in [0.15, 0.2) is 18.2 Å². The van der Waals surface area contributed by atoms with Gasteiger partial charge in [-0.1, -0.05) is 52.8 Å². The first-order chi connectivity index (χ1) is 7.71. The number of carbonyl (C=O) groups excluding carboxylic acids is 1. The molecule has 0 bridgehead atoms. The van der Waals surface area contributed by atoms with Gasteiger partial charge in [0.2, 0.25) is 0 Å². The van der Waals surface area contributed by atoms with Crippen LogP contribution < -0.4 is 0 Å². The summed E-state index contributed by atoms with van der Waals surface area (Å²) in [7, 11) is 0. The van der Waals surface area contributed by atoms with Gasteiger partial charge in [0.1, 0.15) is 5.78 Å². The fraction of sp³-hybridized carbons (Fsp3) is 0.562. The maximum Gasteiger partial charge on any atom is 0.134 e. The molecule has 1 nitrogen and oxygen atoms in total. The molecule has 0 N–H and O–H groups in total. The van der Waals surface area contributed by atoms with Gasteiger partial charge >= 0.3 is 0 Å². The molecule has 0 saturated carbocycles. The van der Waals surface area contributed by atoms with Crippen LogP contribution in [0.3, 0.4) is 0 Å². The van der Waals surface area contributed by atoms with E-state index in [9.17, 15) is 4.79 Å². The summed E-state index contributed by atoms with van der Waals surface area (Å²) in [6, 6.07) is 6.48. The summed E-state index contributed by atoms with van der Waals surface area (Å²) in [6.45, 7) is 12.8. The van der Waals surface area contributed by atoms with Gasteiger partial charge in [0.05, 0.1) is 0 Å². The molecule has 94 valence electrons. The van der Waals surface area contributed by atoms with Crippen molar-refractivity contribution in [2.24, 2.45) is 0 Å². The predicted molar refractivity (Wildman–Crippen MR) is 73.6 cm³/mol. The van der Waals surface area contributed by atoms with Gasteiger partial charge in [0.15, 0.2) is 0 Å². The first-order valence-corrected chi connectivity index (χ1v) is 6.34. The smallest absolute Gasteiger partial charge is 0.134 e. The molecule has 1 rings (SSSR count). The summed E-state index contributed by atoms with van der Waals surface area (Å²) < 4.78 is 0. The van der Waals surface area contributed by atoms with Gasteiger partial charge in [0, 0.05) is 6.42 Å². The van der Waals surface area contributed by atoms with E-state index in [2.05, 4.69) is 52.8 Å². The normalized spacial score (nSPS) is 11.9. The van der Waals surface area contributed by atoms with Gasteiger partial charge in [-0.3, -0.25) is 4.79 Å². The average molecular weight is 232 g/mol. The molecule has 0 radical (unpaired) electrons. The summed E-state index contributed by atoms with van der Waals surface area (Å²) in [5.41, 5.74) is 4.02. The van der Waals surface area contributed by atoms with Crippen molar-refractivity contribution in [3.8, 4) is 0 Å². The van der Waals surface area contributed by atoms with E-state index in [1.54, 1.807) is 6.92 Å². The lowest BCUT2D eigenvalue weighted by Crippen LogP contribution is -2.16. The van der Waals surface area contributed by atoms with Gasteiger partial charge < -0.3 is 0 Å². The second-order valence-electron chi connectivity index (χ2n) is 6.21. The van der Waals surface area contributed by atoms with Crippen LogP contribution in [-0.2, 0) is 16.6 Å². The Morgan fingerprint density at radius 2 is 1.82 bits per heavy atom. The highest BCUT2D eigenvalue weighted by atomic mass is 16.1. The number of hydrogen-bond acceptors (Lipinski definition) is 1. The fourth-order valence-corrected chi connectivity index (χ4v) is 2.15. The molecule has 1 heteroatoms. The molecular formula is C16H24O. The summed E-state index contributed by atoms with van der Waals surface area (Å²) >= 11 is 0. The molecule has 0 unspecified atom stereocenters. The summed E-state index contributed by atoms with van der Waals surface area (Å²) in [5.74, 6) is 0.748. The molecule has 0 saturated heterocycles. The zero-order valence-electron chi connectivity index (χ0n) is 11.9. The van der Waals surface area contributed by atoms with Crippen molar-refractivity contribution in [1.82, 2.24) is 0 Å². The molecule has 0 fully saturated rings. The van der Waals surface area contributed by atoms with Gasteiger partial charge in [-0.25, -0.2) is 0 Å². The third-order valence-corrected chi connectivity index (χ3v) is 3.00. The lowest BCUT2D eigenvalue weighted by molar-refractivity contribution is -0.116. The van der Waals surface area contributed by atoms with Crippen LogP contribution >= 0.6 is 0 Å². The van der Waals surface area contributed by atoms with E-state index in [0.29, 0.717) is 12.3 Å². The first kappa shape index (κ1) is 14.0.